The number of rotatable bonds is 6. The van der Waals surface area contributed by atoms with Gasteiger partial charge in [-0.15, -0.1) is 0 Å². The van der Waals surface area contributed by atoms with E-state index in [1.165, 1.54) is 5.56 Å². The molecule has 112 valence electrons. The summed E-state index contributed by atoms with van der Waals surface area (Å²) in [6.07, 6.45) is 3.96. The maximum atomic E-state index is 5.68. The lowest BCUT2D eigenvalue weighted by Gasteiger charge is -2.21. The zero-order valence-corrected chi connectivity index (χ0v) is 13.7. The molecule has 1 aromatic rings. The molecule has 1 aromatic heterocycles. The number of nitrogens with zero attached hydrogens (tertiary/aromatic N) is 1. The Morgan fingerprint density at radius 2 is 2.00 bits per heavy atom. The lowest BCUT2D eigenvalue weighted by molar-refractivity contribution is 0.345. The van der Waals surface area contributed by atoms with Crippen molar-refractivity contribution in [3.05, 3.63) is 35.5 Å². The zero-order chi connectivity index (χ0) is 15.2. The first-order valence-corrected chi connectivity index (χ1v) is 7.31. The molecule has 0 aliphatic rings. The van der Waals surface area contributed by atoms with Gasteiger partial charge in [-0.25, -0.2) is 4.98 Å². The number of hydrogen-bond acceptors (Lipinski definition) is 3. The van der Waals surface area contributed by atoms with Gasteiger partial charge in [0.05, 0.1) is 0 Å². The van der Waals surface area contributed by atoms with Crippen molar-refractivity contribution in [2.45, 2.75) is 59.5 Å². The van der Waals surface area contributed by atoms with Crippen LogP contribution in [-0.4, -0.2) is 17.1 Å². The minimum atomic E-state index is 0.104. The molecule has 0 atom stereocenters. The highest BCUT2D eigenvalue weighted by Crippen LogP contribution is 2.19. The molecule has 0 amide bonds. The van der Waals surface area contributed by atoms with E-state index < -0.39 is 0 Å². The van der Waals surface area contributed by atoms with E-state index >= 15 is 0 Å². The zero-order valence-electron chi connectivity index (χ0n) is 13.7. The smallest absolute Gasteiger partial charge is 0.214 e. The van der Waals surface area contributed by atoms with E-state index in [4.69, 9.17) is 4.74 Å². The summed E-state index contributed by atoms with van der Waals surface area (Å²) in [5.41, 5.74) is 2.40. The van der Waals surface area contributed by atoms with Crippen molar-refractivity contribution in [3.63, 3.8) is 0 Å². The molecular formula is C17H28N2O. The Balaban J connectivity index is 2.86. The lowest BCUT2D eigenvalue weighted by Crippen LogP contribution is -2.35. The summed E-state index contributed by atoms with van der Waals surface area (Å²) < 4.78 is 5.68. The van der Waals surface area contributed by atoms with Gasteiger partial charge in [0.1, 0.15) is 6.61 Å². The second-order valence-electron chi connectivity index (χ2n) is 6.38. The molecule has 1 N–H and O–H groups in total. The van der Waals surface area contributed by atoms with Crippen LogP contribution in [0.1, 0.15) is 58.7 Å². The molecule has 0 unspecified atom stereocenters. The van der Waals surface area contributed by atoms with Crippen LogP contribution in [-0.2, 0) is 6.54 Å². The Kier molecular flexibility index (Phi) is 6.21. The third-order valence-corrected chi connectivity index (χ3v) is 2.86. The number of nitrogens with one attached hydrogen (secondary N) is 1. The molecule has 0 radical (unpaired) electrons. The maximum Gasteiger partial charge on any atom is 0.214 e. The largest absolute Gasteiger partial charge is 0.473 e. The monoisotopic (exact) mass is 276 g/mol. The number of aromatic nitrogens is 1. The summed E-state index contributed by atoms with van der Waals surface area (Å²) in [5, 5.41) is 3.50. The summed E-state index contributed by atoms with van der Waals surface area (Å²) in [6.45, 7) is 14.2. The van der Waals surface area contributed by atoms with E-state index in [1.807, 2.05) is 25.1 Å². The number of allylic oxidation sites excluding steroid dienone is 1. The summed E-state index contributed by atoms with van der Waals surface area (Å²) in [5.74, 6) is 1.11. The van der Waals surface area contributed by atoms with Crippen LogP contribution in [0.25, 0.3) is 0 Å². The Morgan fingerprint density at radius 1 is 1.30 bits per heavy atom. The Hall–Kier alpha value is -1.35. The Labute approximate surface area is 123 Å². The predicted molar refractivity (Wildman–Crippen MR) is 85.2 cm³/mol. The van der Waals surface area contributed by atoms with Gasteiger partial charge >= 0.3 is 0 Å². The second-order valence-corrected chi connectivity index (χ2v) is 6.38. The van der Waals surface area contributed by atoms with Gasteiger partial charge in [-0.2, -0.15) is 0 Å². The fourth-order valence-electron chi connectivity index (χ4n) is 1.65. The third-order valence-electron chi connectivity index (χ3n) is 2.86. The Bertz CT molecular complexity index is 445. The summed E-state index contributed by atoms with van der Waals surface area (Å²) >= 11 is 0. The number of pyridine rings is 1. The van der Waals surface area contributed by atoms with Crippen LogP contribution in [0.5, 0.6) is 5.88 Å². The van der Waals surface area contributed by atoms with Gasteiger partial charge in [-0.05, 0) is 45.2 Å². The van der Waals surface area contributed by atoms with Gasteiger partial charge in [-0.1, -0.05) is 26.0 Å². The fourth-order valence-corrected chi connectivity index (χ4v) is 1.65. The van der Waals surface area contributed by atoms with Crippen molar-refractivity contribution < 1.29 is 4.74 Å². The highest BCUT2D eigenvalue weighted by molar-refractivity contribution is 5.27. The van der Waals surface area contributed by atoms with Gasteiger partial charge in [0.15, 0.2) is 0 Å². The SMILES string of the molecule is C/C=C/COc1cc(CNC(C)(C)C)cc(C(C)C)n1. The number of hydrogen-bond donors (Lipinski definition) is 1. The van der Waals surface area contributed by atoms with Gasteiger partial charge in [-0.3, -0.25) is 0 Å². The van der Waals surface area contributed by atoms with Gasteiger partial charge in [0.25, 0.3) is 0 Å². The predicted octanol–water partition coefficient (Wildman–Crippen LogP) is 4.05. The van der Waals surface area contributed by atoms with Crippen LogP contribution < -0.4 is 10.1 Å². The van der Waals surface area contributed by atoms with E-state index in [0.29, 0.717) is 18.4 Å². The second kappa shape index (κ2) is 7.44. The fraction of sp³-hybridized carbons (Fsp3) is 0.588. The molecular weight excluding hydrogens is 248 g/mol. The quantitative estimate of drug-likeness (QED) is 0.796. The van der Waals surface area contributed by atoms with Crippen LogP contribution in [0.15, 0.2) is 24.3 Å². The highest BCUT2D eigenvalue weighted by Gasteiger charge is 2.11. The van der Waals surface area contributed by atoms with E-state index in [0.717, 1.165) is 12.2 Å². The molecule has 0 aliphatic heterocycles. The molecule has 1 heterocycles. The van der Waals surface area contributed by atoms with Crippen LogP contribution in [0.3, 0.4) is 0 Å². The molecule has 0 fully saturated rings. The van der Waals surface area contributed by atoms with Gasteiger partial charge < -0.3 is 10.1 Å². The normalized spacial score (nSPS) is 12.3. The molecule has 0 saturated carbocycles. The first-order chi connectivity index (χ1) is 9.31. The van der Waals surface area contributed by atoms with Crippen molar-refractivity contribution in [2.24, 2.45) is 0 Å². The highest BCUT2D eigenvalue weighted by atomic mass is 16.5. The molecule has 0 saturated heterocycles. The Morgan fingerprint density at radius 3 is 2.55 bits per heavy atom. The average Bonchev–Trinajstić information content (AvgIpc) is 2.36. The minimum Gasteiger partial charge on any atom is -0.473 e. The molecule has 20 heavy (non-hydrogen) atoms. The van der Waals surface area contributed by atoms with Crippen LogP contribution >= 0.6 is 0 Å². The van der Waals surface area contributed by atoms with E-state index in [-0.39, 0.29) is 5.54 Å². The first kappa shape index (κ1) is 16.7. The van der Waals surface area contributed by atoms with Crippen molar-refractivity contribution >= 4 is 0 Å². The van der Waals surface area contributed by atoms with Crippen LogP contribution in [0, 0.1) is 0 Å². The van der Waals surface area contributed by atoms with Crippen molar-refractivity contribution in [2.75, 3.05) is 6.61 Å². The van der Waals surface area contributed by atoms with Crippen molar-refractivity contribution in [1.82, 2.24) is 10.3 Å². The van der Waals surface area contributed by atoms with Crippen molar-refractivity contribution in [3.8, 4) is 5.88 Å². The van der Waals surface area contributed by atoms with E-state index in [1.54, 1.807) is 0 Å². The van der Waals surface area contributed by atoms with E-state index in [9.17, 15) is 0 Å². The third kappa shape index (κ3) is 6.20. The average molecular weight is 276 g/mol. The maximum absolute atomic E-state index is 5.68. The number of ether oxygens (including phenoxy) is 1. The summed E-state index contributed by atoms with van der Waals surface area (Å²) in [4.78, 5) is 4.57. The molecule has 3 heteroatoms. The summed E-state index contributed by atoms with van der Waals surface area (Å²) in [7, 11) is 0. The summed E-state index contributed by atoms with van der Waals surface area (Å²) in [6, 6.07) is 4.18. The first-order valence-electron chi connectivity index (χ1n) is 7.31. The van der Waals surface area contributed by atoms with Crippen LogP contribution in [0.4, 0.5) is 0 Å². The van der Waals surface area contributed by atoms with Crippen LogP contribution in [0.2, 0.25) is 0 Å². The minimum absolute atomic E-state index is 0.104. The van der Waals surface area contributed by atoms with Gasteiger partial charge in [0, 0.05) is 23.8 Å². The topological polar surface area (TPSA) is 34.1 Å². The van der Waals surface area contributed by atoms with Crippen molar-refractivity contribution in [1.29, 1.82) is 0 Å². The lowest BCUT2D eigenvalue weighted by atomic mass is 10.1. The van der Waals surface area contributed by atoms with E-state index in [2.05, 4.69) is 51.0 Å². The molecule has 3 nitrogen and oxygen atoms in total. The standard InChI is InChI=1S/C17H28N2O/c1-7-8-9-20-16-11-14(12-18-17(4,5)6)10-15(19-16)13(2)3/h7-8,10-11,13,18H,9,12H2,1-6H3/b8-7+. The molecule has 0 aromatic carbocycles. The molecule has 1 rings (SSSR count). The van der Waals surface area contributed by atoms with Gasteiger partial charge in [0.2, 0.25) is 5.88 Å². The molecule has 0 aliphatic carbocycles. The molecule has 0 bridgehead atoms. The molecule has 0 spiro atoms.